The van der Waals surface area contributed by atoms with E-state index in [1.807, 2.05) is 25.3 Å². The summed E-state index contributed by atoms with van der Waals surface area (Å²) in [5.74, 6) is -2.39. The fourth-order valence-electron chi connectivity index (χ4n) is 9.55. The molecular formula is C45H56N7O7S+. The number of rotatable bonds is 8. The third kappa shape index (κ3) is 7.42. The van der Waals surface area contributed by atoms with Gasteiger partial charge in [0.2, 0.25) is 11.8 Å². The number of esters is 1. The number of nitrogens with zero attached hydrogens (tertiary/aromatic N) is 6. The number of cyclic esters (lactones) is 1. The van der Waals surface area contributed by atoms with Crippen molar-refractivity contribution < 1.29 is 38.1 Å². The van der Waals surface area contributed by atoms with Crippen LogP contribution in [-0.2, 0) is 46.4 Å². The van der Waals surface area contributed by atoms with Crippen LogP contribution in [0.2, 0.25) is 0 Å². The van der Waals surface area contributed by atoms with Crippen LogP contribution in [0.1, 0.15) is 82.4 Å². The monoisotopic (exact) mass is 838 g/mol. The molecule has 0 unspecified atom stereocenters. The van der Waals surface area contributed by atoms with Gasteiger partial charge in [-0.05, 0) is 75.8 Å². The Bertz CT molecular complexity index is 2350. The predicted octanol–water partition coefficient (Wildman–Crippen LogP) is 5.59. The average molecular weight is 839 g/mol. The molecule has 3 amide bonds. The summed E-state index contributed by atoms with van der Waals surface area (Å²) in [7, 11) is 3.44. The van der Waals surface area contributed by atoms with Gasteiger partial charge in [0.15, 0.2) is 6.72 Å². The third-order valence-corrected chi connectivity index (χ3v) is 13.7. The highest BCUT2D eigenvalue weighted by Gasteiger charge is 2.62. The summed E-state index contributed by atoms with van der Waals surface area (Å²) >= 11 is 1.36. The number of carbonyl (C=O) groups excluding carboxylic acids is 4. The van der Waals surface area contributed by atoms with Crippen molar-refractivity contribution in [1.29, 1.82) is 0 Å². The molecule has 6 heterocycles. The first-order chi connectivity index (χ1) is 28.8. The number of hydrogen-bond acceptors (Lipinski definition) is 10. The molecule has 1 N–H and O–H groups in total. The number of aryl methyl sites for hydroxylation is 1. The number of benzene rings is 1. The number of hydrogen-bond donors (Lipinski definition) is 1. The first-order valence-electron chi connectivity index (χ1n) is 21.1. The Balaban J connectivity index is 1.27. The maximum Gasteiger partial charge on any atom is 0.378 e. The molecule has 3 aromatic heterocycles. The molecule has 15 heteroatoms. The van der Waals surface area contributed by atoms with Gasteiger partial charge >= 0.3 is 11.9 Å². The Hall–Kier alpha value is -4.99. The molecule has 60 heavy (non-hydrogen) atoms. The molecule has 318 valence electrons. The Morgan fingerprint density at radius 1 is 1.15 bits per heavy atom. The number of aromatic nitrogens is 3. The number of hydrazone groups is 1. The largest absolute Gasteiger partial charge is 0.460 e. The molecule has 1 aromatic carbocycles. The lowest BCUT2D eigenvalue weighted by atomic mass is 9.84. The van der Waals surface area contributed by atoms with E-state index in [1.165, 1.54) is 21.0 Å². The maximum atomic E-state index is 14.9. The highest BCUT2D eigenvalue weighted by Crippen LogP contribution is 2.52. The quantitative estimate of drug-likeness (QED) is 0.177. The smallest absolute Gasteiger partial charge is 0.378 e. The van der Waals surface area contributed by atoms with Crippen LogP contribution in [0, 0.1) is 23.2 Å². The van der Waals surface area contributed by atoms with Gasteiger partial charge in [-0.2, -0.15) is 0 Å². The minimum Gasteiger partial charge on any atom is -0.460 e. The lowest BCUT2D eigenvalue weighted by Crippen LogP contribution is -2.59. The first-order valence-corrected chi connectivity index (χ1v) is 22.0. The molecule has 1 saturated carbocycles. The number of carbonyl (C=O) groups is 4. The van der Waals surface area contributed by atoms with Crippen molar-refractivity contribution in [3.63, 3.8) is 0 Å². The summed E-state index contributed by atoms with van der Waals surface area (Å²) in [6.07, 6.45) is 2.81. The van der Waals surface area contributed by atoms with Gasteiger partial charge in [-0.1, -0.05) is 19.9 Å². The molecule has 8 rings (SSSR count). The lowest BCUT2D eigenvalue weighted by molar-refractivity contribution is -0.693. The number of thiazole rings is 1. The van der Waals surface area contributed by atoms with Gasteiger partial charge in [0.05, 0.1) is 48.2 Å². The van der Waals surface area contributed by atoms with Crippen LogP contribution in [0.5, 0.6) is 0 Å². The number of pyridine rings is 1. The van der Waals surface area contributed by atoms with Crippen molar-refractivity contribution in [2.75, 3.05) is 40.5 Å². The molecule has 4 aromatic rings. The van der Waals surface area contributed by atoms with E-state index in [4.69, 9.17) is 24.2 Å². The van der Waals surface area contributed by atoms with Crippen LogP contribution in [0.3, 0.4) is 0 Å². The summed E-state index contributed by atoms with van der Waals surface area (Å²) in [4.78, 5) is 67.7. The summed E-state index contributed by atoms with van der Waals surface area (Å²) < 4.78 is 22.0. The van der Waals surface area contributed by atoms with E-state index in [-0.39, 0.29) is 43.6 Å². The second-order valence-corrected chi connectivity index (χ2v) is 18.2. The molecule has 3 fully saturated rings. The minimum absolute atomic E-state index is 0.0511. The molecule has 3 aliphatic heterocycles. The SMILES string of the molecule is C=[N+]1[C@H]2CCCN1C(=O)[C@@H](NC(=O)[C@H]1[C@@H]3CCN(C)C(=O)[C@@H]31)[C@H](OCC)c1nc(cs1)-c1ccc3c(c1)c(c(-c1cccnc1[C@H](C)OC)n3CC)CC(C)(C)COC2=O. The van der Waals surface area contributed by atoms with Gasteiger partial charge in [-0.15, -0.1) is 21.0 Å². The van der Waals surface area contributed by atoms with Crippen LogP contribution in [0.4, 0.5) is 0 Å². The fraction of sp³-hybridized carbons (Fsp3) is 0.533. The molecule has 4 aliphatic rings. The second-order valence-electron chi connectivity index (χ2n) is 17.3. The zero-order valence-corrected chi connectivity index (χ0v) is 36.4. The van der Waals surface area contributed by atoms with E-state index in [9.17, 15) is 19.2 Å². The number of piperidine rings is 1. The van der Waals surface area contributed by atoms with Crippen LogP contribution in [0.25, 0.3) is 33.4 Å². The van der Waals surface area contributed by atoms with Gasteiger partial charge in [0.1, 0.15) is 17.2 Å². The zero-order chi connectivity index (χ0) is 42.6. The van der Waals surface area contributed by atoms with E-state index in [0.717, 1.165) is 45.4 Å². The topological polar surface area (TPSA) is 148 Å². The summed E-state index contributed by atoms with van der Waals surface area (Å²) in [5, 5.41) is 7.99. The van der Waals surface area contributed by atoms with Gasteiger partial charge in [-0.25, -0.2) is 9.78 Å². The standard InChI is InChI=1S/C45H55N7O7S/c1-9-51-32-16-15-26-21-29(32)30(38(51)28-13-11-18-46-36(28)25(3)57-8)22-45(4,5)24-59-44(56)33-14-12-19-52(50(33)7)43(55)37(39(58-10-2)41-47-31(26)23-60-41)48-40(53)34-27-17-20-49(6)42(54)35(27)34/h11,13,15-16,18,21,23,25,27,33-35,37,39H,7,9-10,12,14,17,19-20,22,24H2,1-6,8H3/p+1/t25-,27-,33-,34-,35-,37-,39-/m0/s1. The van der Waals surface area contributed by atoms with Crippen molar-refractivity contribution in [3.05, 3.63) is 58.2 Å². The average Bonchev–Trinajstić information content (AvgIpc) is 3.64. The number of nitrogens with one attached hydrogen (secondary N) is 1. The normalized spacial score (nSPS) is 26.1. The minimum atomic E-state index is -1.22. The molecule has 0 spiro atoms. The molecule has 7 atom stereocenters. The molecule has 1 aliphatic carbocycles. The van der Waals surface area contributed by atoms with Crippen LogP contribution in [0.15, 0.2) is 41.9 Å². The summed E-state index contributed by atoms with van der Waals surface area (Å²) in [5.41, 5.74) is 6.05. The summed E-state index contributed by atoms with van der Waals surface area (Å²) in [6, 6.07) is 8.34. The van der Waals surface area contributed by atoms with E-state index < -0.39 is 47.3 Å². The van der Waals surface area contributed by atoms with Crippen molar-refractivity contribution >= 4 is 52.6 Å². The maximum absolute atomic E-state index is 14.9. The number of ether oxygens (including phenoxy) is 3. The number of hydrazine groups is 1. The van der Waals surface area contributed by atoms with Crippen LogP contribution < -0.4 is 5.32 Å². The van der Waals surface area contributed by atoms with Crippen molar-refractivity contribution in [1.82, 2.24) is 29.8 Å². The van der Waals surface area contributed by atoms with E-state index >= 15 is 0 Å². The summed E-state index contributed by atoms with van der Waals surface area (Å²) in [6.45, 7) is 16.3. The van der Waals surface area contributed by atoms with Gasteiger partial charge in [0, 0.05) is 79.3 Å². The van der Waals surface area contributed by atoms with Crippen molar-refractivity contribution in [3.8, 4) is 22.5 Å². The fourth-order valence-corrected chi connectivity index (χ4v) is 10.5. The van der Waals surface area contributed by atoms with E-state index in [0.29, 0.717) is 43.1 Å². The zero-order valence-electron chi connectivity index (χ0n) is 35.6. The molecule has 2 saturated heterocycles. The van der Waals surface area contributed by atoms with Crippen LogP contribution in [-0.4, -0.2) is 112 Å². The van der Waals surface area contributed by atoms with E-state index in [1.54, 1.807) is 25.3 Å². The van der Waals surface area contributed by atoms with Gasteiger partial charge in [-0.3, -0.25) is 19.4 Å². The second kappa shape index (κ2) is 16.5. The lowest BCUT2D eigenvalue weighted by Gasteiger charge is -2.33. The Labute approximate surface area is 354 Å². The Morgan fingerprint density at radius 3 is 2.70 bits per heavy atom. The Morgan fingerprint density at radius 2 is 1.95 bits per heavy atom. The number of likely N-dealkylation sites (tertiary alicyclic amines) is 1. The van der Waals surface area contributed by atoms with Crippen molar-refractivity contribution in [2.24, 2.45) is 23.2 Å². The molecule has 14 nitrogen and oxygen atoms in total. The van der Waals surface area contributed by atoms with Gasteiger partial charge in [0.25, 0.3) is 6.04 Å². The molecule has 6 bridgehead atoms. The predicted molar refractivity (Wildman–Crippen MR) is 227 cm³/mol. The molecular weight excluding hydrogens is 783 g/mol. The highest BCUT2D eigenvalue weighted by molar-refractivity contribution is 7.10. The number of methoxy groups -OCH3 is 1. The van der Waals surface area contributed by atoms with E-state index in [2.05, 4.69) is 61.6 Å². The molecule has 0 radical (unpaired) electrons. The van der Waals surface area contributed by atoms with Crippen molar-refractivity contribution in [2.45, 2.75) is 91.1 Å². The Kier molecular flexibility index (Phi) is 11.5. The highest BCUT2D eigenvalue weighted by atomic mass is 32.1. The third-order valence-electron chi connectivity index (χ3n) is 12.8. The van der Waals surface area contributed by atoms with Crippen LogP contribution >= 0.6 is 11.3 Å². The van der Waals surface area contributed by atoms with Gasteiger partial charge < -0.3 is 29.0 Å². The number of amides is 3. The number of fused-ring (bicyclic) bond motifs is 7. The first kappa shape index (κ1) is 41.7.